The maximum absolute atomic E-state index is 13.6. The van der Waals surface area contributed by atoms with E-state index in [0.717, 1.165) is 0 Å². The molecule has 1 aromatic rings. The third-order valence-corrected chi connectivity index (χ3v) is 7.57. The Labute approximate surface area is 273 Å². The van der Waals surface area contributed by atoms with Gasteiger partial charge in [-0.05, 0) is 50.6 Å². The second kappa shape index (κ2) is 19.9. The lowest BCUT2D eigenvalue weighted by molar-refractivity contribution is -0.134. The van der Waals surface area contributed by atoms with E-state index >= 15 is 0 Å². The van der Waals surface area contributed by atoms with Gasteiger partial charge in [-0.25, -0.2) is 0 Å². The number of aliphatic imine (C=N–C) groups is 1. The van der Waals surface area contributed by atoms with E-state index in [9.17, 15) is 28.8 Å². The summed E-state index contributed by atoms with van der Waals surface area (Å²) in [5, 5.41) is 13.2. The number of hydrogen-bond donors (Lipinski definition) is 10. The van der Waals surface area contributed by atoms with Gasteiger partial charge in [0.2, 0.25) is 35.4 Å². The van der Waals surface area contributed by atoms with E-state index < -0.39 is 65.7 Å². The van der Waals surface area contributed by atoms with Crippen molar-refractivity contribution in [2.45, 2.75) is 81.6 Å². The van der Waals surface area contributed by atoms with E-state index in [1.807, 2.05) is 0 Å². The first-order chi connectivity index (χ1) is 21.9. The first kappa shape index (κ1) is 37.8. The zero-order valence-electron chi connectivity index (χ0n) is 25.7. The van der Waals surface area contributed by atoms with Gasteiger partial charge in [-0.2, -0.15) is 12.6 Å². The van der Waals surface area contributed by atoms with Crippen LogP contribution in [0.2, 0.25) is 0 Å². The molecule has 1 heterocycles. The third kappa shape index (κ3) is 13.3. The summed E-state index contributed by atoms with van der Waals surface area (Å²) < 4.78 is 0. The van der Waals surface area contributed by atoms with Crippen molar-refractivity contribution in [3.05, 3.63) is 35.9 Å². The molecule has 46 heavy (non-hydrogen) atoms. The lowest BCUT2D eigenvalue weighted by Gasteiger charge is -2.26. The molecule has 0 radical (unpaired) electrons. The third-order valence-electron chi connectivity index (χ3n) is 7.20. The molecule has 0 spiro atoms. The summed E-state index contributed by atoms with van der Waals surface area (Å²) in [6.45, 7) is 0.521. The Balaban J connectivity index is 2.53. The van der Waals surface area contributed by atoms with Crippen LogP contribution in [0.3, 0.4) is 0 Å². The Bertz CT molecular complexity index is 1230. The van der Waals surface area contributed by atoms with Crippen molar-refractivity contribution in [3.8, 4) is 0 Å². The summed E-state index contributed by atoms with van der Waals surface area (Å²) in [5.41, 5.74) is 22.5. The minimum atomic E-state index is -1.30. The van der Waals surface area contributed by atoms with Gasteiger partial charge < -0.3 is 49.5 Å². The van der Waals surface area contributed by atoms with Gasteiger partial charge in [-0.1, -0.05) is 30.3 Å². The average Bonchev–Trinajstić information content (AvgIpc) is 3.01. The molecule has 1 saturated heterocycles. The molecule has 0 saturated carbocycles. The van der Waals surface area contributed by atoms with Crippen LogP contribution in [0.15, 0.2) is 35.3 Å². The molecule has 2 rings (SSSR count). The molecule has 17 heteroatoms. The summed E-state index contributed by atoms with van der Waals surface area (Å²) >= 11 is 4.24. The predicted molar refractivity (Wildman–Crippen MR) is 175 cm³/mol. The molecular formula is C29H46N10O6S. The molecule has 1 aliphatic rings. The molecule has 0 unspecified atom stereocenters. The molecule has 5 atom stereocenters. The monoisotopic (exact) mass is 662 g/mol. The van der Waals surface area contributed by atoms with Crippen LogP contribution < -0.4 is 49.5 Å². The Hall–Kier alpha value is -4.38. The SMILES string of the molecule is NCCCC[C@@H]1NC(=O)[C@H](CCCN=C(N)N)NC(=O)[C@H](CCC(N)=O)NC(=O)[C@H](Cc2ccccc2)NC(=O)[C@H](CS)NC1=O. The zero-order valence-corrected chi connectivity index (χ0v) is 26.6. The Kier molecular flexibility index (Phi) is 16.3. The maximum Gasteiger partial charge on any atom is 0.244 e. The first-order valence-electron chi connectivity index (χ1n) is 15.2. The van der Waals surface area contributed by atoms with Crippen LogP contribution in [0.5, 0.6) is 0 Å². The topological polar surface area (TPSA) is 279 Å². The highest BCUT2D eigenvalue weighted by Crippen LogP contribution is 2.10. The summed E-state index contributed by atoms with van der Waals surface area (Å²) in [6, 6.07) is 2.96. The average molecular weight is 663 g/mol. The molecule has 1 aromatic carbocycles. The number of carbonyl (C=O) groups is 6. The van der Waals surface area contributed by atoms with Gasteiger partial charge in [0, 0.05) is 25.1 Å². The summed E-state index contributed by atoms with van der Waals surface area (Å²) in [5.74, 6) is -4.50. The fourth-order valence-electron chi connectivity index (χ4n) is 4.70. The van der Waals surface area contributed by atoms with Crippen molar-refractivity contribution in [2.75, 3.05) is 18.8 Å². The molecule has 13 N–H and O–H groups in total. The van der Waals surface area contributed by atoms with Gasteiger partial charge >= 0.3 is 0 Å². The number of hydrogen-bond acceptors (Lipinski definition) is 9. The van der Waals surface area contributed by atoms with E-state index in [-0.39, 0.29) is 56.8 Å². The van der Waals surface area contributed by atoms with E-state index in [2.05, 4.69) is 44.2 Å². The van der Waals surface area contributed by atoms with Crippen LogP contribution in [0.4, 0.5) is 0 Å². The zero-order chi connectivity index (χ0) is 34.1. The van der Waals surface area contributed by atoms with Crippen molar-refractivity contribution in [1.29, 1.82) is 0 Å². The van der Waals surface area contributed by atoms with E-state index in [1.54, 1.807) is 30.3 Å². The summed E-state index contributed by atoms with van der Waals surface area (Å²) in [6.07, 6.45) is 1.22. The van der Waals surface area contributed by atoms with Crippen LogP contribution >= 0.6 is 12.6 Å². The smallest absolute Gasteiger partial charge is 0.244 e. The number of unbranched alkanes of at least 4 members (excludes halogenated alkanes) is 1. The lowest BCUT2D eigenvalue weighted by Crippen LogP contribution is -2.58. The Morgan fingerprint density at radius 2 is 1.15 bits per heavy atom. The van der Waals surface area contributed by atoms with Gasteiger partial charge in [0.1, 0.15) is 30.2 Å². The van der Waals surface area contributed by atoms with Crippen molar-refractivity contribution >= 4 is 54.0 Å². The van der Waals surface area contributed by atoms with Crippen LogP contribution in [0.25, 0.3) is 0 Å². The number of amides is 6. The molecule has 254 valence electrons. The number of primary amides is 1. The quantitative estimate of drug-likeness (QED) is 0.0421. The van der Waals surface area contributed by atoms with Crippen molar-refractivity contribution < 1.29 is 28.8 Å². The molecule has 0 bridgehead atoms. The predicted octanol–water partition coefficient (Wildman–Crippen LogP) is -2.96. The number of guanidine groups is 1. The van der Waals surface area contributed by atoms with E-state index in [1.165, 1.54) is 0 Å². The number of benzene rings is 1. The van der Waals surface area contributed by atoms with Gasteiger partial charge in [-0.3, -0.25) is 33.8 Å². The molecule has 1 aliphatic heterocycles. The standard InChI is InChI=1S/C29H46N10O6S/c30-13-5-4-9-18-25(42)39-22(16-46)28(45)38-21(15-17-7-2-1-3-8-17)27(44)37-20(11-12-23(31)40)26(43)36-19(24(41)35-18)10-6-14-34-29(32)33/h1-3,7-8,18-22,46H,4-6,9-16,30H2,(H2,31,40)(H,35,41)(H,36,43)(H,37,44)(H,38,45)(H,39,42)(H4,32,33,34)/t18-,19-,20-,21-,22-/m0/s1. The molecular weight excluding hydrogens is 616 g/mol. The summed E-state index contributed by atoms with van der Waals surface area (Å²) in [4.78, 5) is 83.1. The second-order valence-corrected chi connectivity index (χ2v) is 11.3. The van der Waals surface area contributed by atoms with E-state index in [4.69, 9.17) is 22.9 Å². The van der Waals surface area contributed by atoms with Gasteiger partial charge in [0.25, 0.3) is 0 Å². The largest absolute Gasteiger partial charge is 0.370 e. The van der Waals surface area contributed by atoms with Gasteiger partial charge in [-0.15, -0.1) is 0 Å². The minimum Gasteiger partial charge on any atom is -0.370 e. The number of nitrogens with two attached hydrogens (primary N) is 4. The molecule has 16 nitrogen and oxygen atoms in total. The van der Waals surface area contributed by atoms with E-state index in [0.29, 0.717) is 24.9 Å². The maximum atomic E-state index is 13.6. The number of rotatable bonds is 14. The second-order valence-electron chi connectivity index (χ2n) is 10.9. The van der Waals surface area contributed by atoms with Crippen molar-refractivity contribution in [2.24, 2.45) is 27.9 Å². The van der Waals surface area contributed by atoms with Gasteiger partial charge in [0.05, 0.1) is 0 Å². The number of carbonyl (C=O) groups excluding carboxylic acids is 6. The van der Waals surface area contributed by atoms with Crippen LogP contribution in [0.1, 0.15) is 50.5 Å². The van der Waals surface area contributed by atoms with Crippen molar-refractivity contribution in [1.82, 2.24) is 26.6 Å². The molecule has 6 amide bonds. The number of nitrogens with one attached hydrogen (secondary N) is 5. The van der Waals surface area contributed by atoms with Crippen molar-refractivity contribution in [3.63, 3.8) is 0 Å². The highest BCUT2D eigenvalue weighted by Gasteiger charge is 2.34. The summed E-state index contributed by atoms with van der Waals surface area (Å²) in [7, 11) is 0. The highest BCUT2D eigenvalue weighted by molar-refractivity contribution is 7.80. The Morgan fingerprint density at radius 1 is 0.674 bits per heavy atom. The normalized spacial score (nSPS) is 23.0. The minimum absolute atomic E-state index is 0.0466. The number of thiol groups is 1. The number of nitrogens with zero attached hydrogens (tertiary/aromatic N) is 1. The van der Waals surface area contributed by atoms with Gasteiger partial charge in [0.15, 0.2) is 5.96 Å². The highest BCUT2D eigenvalue weighted by atomic mass is 32.1. The first-order valence-corrected chi connectivity index (χ1v) is 15.8. The van der Waals surface area contributed by atoms with Crippen LogP contribution in [-0.2, 0) is 35.2 Å². The van der Waals surface area contributed by atoms with Crippen LogP contribution in [0, 0.1) is 0 Å². The molecule has 0 aliphatic carbocycles. The fraction of sp³-hybridized carbons (Fsp3) is 0.552. The van der Waals surface area contributed by atoms with Crippen LogP contribution in [-0.4, -0.2) is 90.5 Å². The fourth-order valence-corrected chi connectivity index (χ4v) is 4.96. The lowest BCUT2D eigenvalue weighted by atomic mass is 10.0. The Morgan fingerprint density at radius 3 is 1.67 bits per heavy atom. The molecule has 0 aromatic heterocycles. The molecule has 1 fully saturated rings.